The number of halogens is 2. The maximum Gasteiger partial charge on any atom is 0.325 e. The number of ether oxygens (including phenoxy) is 1. The van der Waals surface area contributed by atoms with E-state index in [0.29, 0.717) is 0 Å². The zero-order chi connectivity index (χ0) is 12.2. The van der Waals surface area contributed by atoms with Crippen molar-refractivity contribution >= 4 is 11.9 Å². The topological polar surface area (TPSA) is 46.6 Å². The third-order valence-electron chi connectivity index (χ3n) is 1.89. The number of nitrogens with zero attached hydrogens (tertiary/aromatic N) is 1. The summed E-state index contributed by atoms with van der Waals surface area (Å²) in [6.07, 6.45) is -0.837. The maximum atomic E-state index is 13.2. The van der Waals surface area contributed by atoms with Gasteiger partial charge in [0.25, 0.3) is 5.91 Å². The average Bonchev–Trinajstić information content (AvgIpc) is 2.14. The Morgan fingerprint density at radius 2 is 1.87 bits per heavy atom. The van der Waals surface area contributed by atoms with Crippen molar-refractivity contribution in [1.82, 2.24) is 4.90 Å². The van der Waals surface area contributed by atoms with Gasteiger partial charge in [-0.3, -0.25) is 9.59 Å². The van der Waals surface area contributed by atoms with Crippen molar-refractivity contribution < 1.29 is 23.1 Å². The lowest BCUT2D eigenvalue weighted by Gasteiger charge is -2.21. The Hall–Kier alpha value is -1.20. The summed E-state index contributed by atoms with van der Waals surface area (Å²) in [6, 6.07) is 0. The van der Waals surface area contributed by atoms with E-state index in [9.17, 15) is 18.4 Å². The van der Waals surface area contributed by atoms with Gasteiger partial charge >= 0.3 is 11.9 Å². The van der Waals surface area contributed by atoms with Gasteiger partial charge < -0.3 is 9.64 Å². The van der Waals surface area contributed by atoms with Crippen LogP contribution in [0.25, 0.3) is 0 Å². The van der Waals surface area contributed by atoms with Crippen molar-refractivity contribution in [1.29, 1.82) is 0 Å². The molecule has 0 rings (SSSR count). The number of carbonyl (C=O) groups excluding carboxylic acids is 2. The second kappa shape index (κ2) is 5.04. The monoisotopic (exact) mass is 223 g/mol. The summed E-state index contributed by atoms with van der Waals surface area (Å²) < 4.78 is 30.7. The molecule has 0 saturated heterocycles. The van der Waals surface area contributed by atoms with E-state index in [1.165, 1.54) is 21.0 Å². The Labute approximate surface area is 87.2 Å². The number of methoxy groups -OCH3 is 1. The van der Waals surface area contributed by atoms with E-state index >= 15 is 0 Å². The Bertz CT molecular complexity index is 254. The number of carbonyl (C=O) groups is 2. The first kappa shape index (κ1) is 13.8. The molecule has 0 aliphatic carbocycles. The van der Waals surface area contributed by atoms with Crippen LogP contribution in [-0.4, -0.2) is 43.9 Å². The fourth-order valence-electron chi connectivity index (χ4n) is 1.08. The van der Waals surface area contributed by atoms with Crippen LogP contribution in [0.1, 0.15) is 13.3 Å². The minimum Gasteiger partial charge on any atom is -0.469 e. The van der Waals surface area contributed by atoms with Crippen molar-refractivity contribution in [2.24, 2.45) is 5.92 Å². The maximum absolute atomic E-state index is 13.2. The third kappa shape index (κ3) is 3.81. The SMILES string of the molecule is COC(=O)C(C)CC(F)(F)C(=O)N(C)C. The lowest BCUT2D eigenvalue weighted by atomic mass is 10.0. The summed E-state index contributed by atoms with van der Waals surface area (Å²) in [5.41, 5.74) is 0. The lowest BCUT2D eigenvalue weighted by Crippen LogP contribution is -2.41. The van der Waals surface area contributed by atoms with Crippen molar-refractivity contribution in [2.45, 2.75) is 19.3 Å². The van der Waals surface area contributed by atoms with Crippen LogP contribution in [0.4, 0.5) is 8.78 Å². The summed E-state index contributed by atoms with van der Waals surface area (Å²) in [4.78, 5) is 22.7. The van der Waals surface area contributed by atoms with E-state index in [2.05, 4.69) is 4.74 Å². The molecule has 0 N–H and O–H groups in total. The van der Waals surface area contributed by atoms with Crippen molar-refractivity contribution in [3.05, 3.63) is 0 Å². The van der Waals surface area contributed by atoms with Crippen LogP contribution in [0.3, 0.4) is 0 Å². The molecular formula is C9H15F2NO3. The molecule has 1 unspecified atom stereocenters. The van der Waals surface area contributed by atoms with Crippen LogP contribution in [0, 0.1) is 5.92 Å². The standard InChI is InChI=1S/C9H15F2NO3/c1-6(7(13)15-4)5-9(10,11)8(14)12(2)3/h6H,5H2,1-4H3. The van der Waals surface area contributed by atoms with Gasteiger partial charge in [0.1, 0.15) is 0 Å². The van der Waals surface area contributed by atoms with Crippen molar-refractivity contribution in [2.75, 3.05) is 21.2 Å². The van der Waals surface area contributed by atoms with Gasteiger partial charge in [0.05, 0.1) is 13.0 Å². The highest BCUT2D eigenvalue weighted by molar-refractivity contribution is 5.84. The Balaban J connectivity index is 4.50. The van der Waals surface area contributed by atoms with Gasteiger partial charge in [-0.05, 0) is 0 Å². The highest BCUT2D eigenvalue weighted by Crippen LogP contribution is 2.25. The molecule has 88 valence electrons. The summed E-state index contributed by atoms with van der Waals surface area (Å²) in [6.45, 7) is 1.29. The zero-order valence-electron chi connectivity index (χ0n) is 9.21. The van der Waals surface area contributed by atoms with E-state index in [-0.39, 0.29) is 0 Å². The van der Waals surface area contributed by atoms with E-state index in [4.69, 9.17) is 0 Å². The fourth-order valence-corrected chi connectivity index (χ4v) is 1.08. The van der Waals surface area contributed by atoms with Gasteiger partial charge in [-0.1, -0.05) is 6.92 Å². The third-order valence-corrected chi connectivity index (χ3v) is 1.89. The van der Waals surface area contributed by atoms with Crippen LogP contribution < -0.4 is 0 Å². The van der Waals surface area contributed by atoms with Crippen molar-refractivity contribution in [3.8, 4) is 0 Å². The smallest absolute Gasteiger partial charge is 0.325 e. The molecule has 0 radical (unpaired) electrons. The van der Waals surface area contributed by atoms with Gasteiger partial charge in [0.15, 0.2) is 0 Å². The highest BCUT2D eigenvalue weighted by Gasteiger charge is 2.42. The quantitative estimate of drug-likeness (QED) is 0.665. The average molecular weight is 223 g/mol. The zero-order valence-corrected chi connectivity index (χ0v) is 9.21. The first-order valence-corrected chi connectivity index (χ1v) is 4.39. The number of alkyl halides is 2. The van der Waals surface area contributed by atoms with Gasteiger partial charge in [-0.15, -0.1) is 0 Å². The van der Waals surface area contributed by atoms with Crippen LogP contribution in [0.15, 0.2) is 0 Å². The molecule has 0 aromatic carbocycles. The predicted octanol–water partition coefficient (Wildman–Crippen LogP) is 0.909. The molecule has 0 bridgehead atoms. The molecule has 0 aliphatic rings. The normalized spacial score (nSPS) is 13.2. The molecule has 0 aromatic heterocycles. The summed E-state index contributed by atoms with van der Waals surface area (Å²) in [7, 11) is 3.59. The molecule has 4 nitrogen and oxygen atoms in total. The molecule has 6 heteroatoms. The van der Waals surface area contributed by atoms with E-state index < -0.39 is 30.1 Å². The Morgan fingerprint density at radius 1 is 1.40 bits per heavy atom. The molecule has 1 atom stereocenters. The van der Waals surface area contributed by atoms with E-state index in [1.54, 1.807) is 0 Å². The van der Waals surface area contributed by atoms with Gasteiger partial charge in [-0.2, -0.15) is 8.78 Å². The summed E-state index contributed by atoms with van der Waals surface area (Å²) in [5, 5.41) is 0. The Kier molecular flexibility index (Phi) is 4.64. The van der Waals surface area contributed by atoms with E-state index in [1.807, 2.05) is 0 Å². The molecule has 0 aliphatic heterocycles. The predicted molar refractivity (Wildman–Crippen MR) is 49.4 cm³/mol. The second-order valence-electron chi connectivity index (χ2n) is 3.53. The van der Waals surface area contributed by atoms with Crippen LogP contribution in [-0.2, 0) is 14.3 Å². The largest absolute Gasteiger partial charge is 0.469 e. The minimum absolute atomic E-state index is 0.749. The number of hydrogen-bond donors (Lipinski definition) is 0. The first-order valence-electron chi connectivity index (χ1n) is 4.39. The molecule has 0 heterocycles. The van der Waals surface area contributed by atoms with Gasteiger partial charge in [0.2, 0.25) is 0 Å². The molecule has 0 spiro atoms. The van der Waals surface area contributed by atoms with Crippen molar-refractivity contribution in [3.63, 3.8) is 0 Å². The number of amides is 1. The number of esters is 1. The van der Waals surface area contributed by atoms with E-state index in [0.717, 1.165) is 12.0 Å². The van der Waals surface area contributed by atoms with Gasteiger partial charge in [-0.25, -0.2) is 0 Å². The molecular weight excluding hydrogens is 208 g/mol. The molecule has 15 heavy (non-hydrogen) atoms. The van der Waals surface area contributed by atoms with Crippen LogP contribution in [0.2, 0.25) is 0 Å². The van der Waals surface area contributed by atoms with Crippen LogP contribution >= 0.6 is 0 Å². The summed E-state index contributed by atoms with van der Waals surface area (Å²) >= 11 is 0. The number of hydrogen-bond acceptors (Lipinski definition) is 3. The summed E-state index contributed by atoms with van der Waals surface area (Å²) in [5.74, 6) is -6.59. The number of rotatable bonds is 4. The molecule has 0 saturated carbocycles. The van der Waals surface area contributed by atoms with Crippen LogP contribution in [0.5, 0.6) is 0 Å². The molecule has 1 amide bonds. The molecule has 0 aromatic rings. The fraction of sp³-hybridized carbons (Fsp3) is 0.778. The lowest BCUT2D eigenvalue weighted by molar-refractivity contribution is -0.161. The molecule has 0 fully saturated rings. The Morgan fingerprint density at radius 3 is 2.20 bits per heavy atom. The second-order valence-corrected chi connectivity index (χ2v) is 3.53. The minimum atomic E-state index is -3.53. The first-order chi connectivity index (χ1) is 6.72. The highest BCUT2D eigenvalue weighted by atomic mass is 19.3. The van der Waals surface area contributed by atoms with Gasteiger partial charge in [0, 0.05) is 20.5 Å².